The fraction of sp³-hybridized carbons (Fsp3) is 0.400. The molecule has 1 aromatic heterocycles. The average molecular weight is 237 g/mol. The molecule has 1 N–H and O–H groups in total. The van der Waals surface area contributed by atoms with Crippen molar-refractivity contribution in [1.82, 2.24) is 4.98 Å². The van der Waals surface area contributed by atoms with E-state index in [0.717, 1.165) is 5.69 Å². The molecule has 1 aliphatic rings. The van der Waals surface area contributed by atoms with E-state index in [1.54, 1.807) is 13.1 Å². The zero-order valence-corrected chi connectivity index (χ0v) is 9.63. The van der Waals surface area contributed by atoms with Crippen molar-refractivity contribution in [3.05, 3.63) is 22.9 Å². The van der Waals surface area contributed by atoms with E-state index >= 15 is 0 Å². The molecule has 0 unspecified atom stereocenters. The van der Waals surface area contributed by atoms with Gasteiger partial charge >= 0.3 is 0 Å². The molecule has 0 aliphatic carbocycles. The zero-order chi connectivity index (χ0) is 11.8. The van der Waals surface area contributed by atoms with Crippen LogP contribution in [0.15, 0.2) is 6.07 Å². The van der Waals surface area contributed by atoms with Gasteiger partial charge < -0.3 is 5.32 Å². The molecule has 1 aliphatic heterocycles. The molecule has 0 fully saturated rings. The predicted octanol–water partition coefficient (Wildman–Crippen LogP) is 0.466. The number of aryl methyl sites for hydroxylation is 1. The van der Waals surface area contributed by atoms with Crippen LogP contribution < -0.4 is 5.32 Å². The fourth-order valence-electron chi connectivity index (χ4n) is 1.77. The van der Waals surface area contributed by atoms with Gasteiger partial charge in [0.1, 0.15) is 11.9 Å². The maximum absolute atomic E-state index is 11.4. The summed E-state index contributed by atoms with van der Waals surface area (Å²) in [6, 6.07) is 3.62. The molecule has 0 radical (unpaired) electrons. The molecule has 0 aromatic carbocycles. The molecule has 1 aromatic rings. The number of rotatable bonds is 1. The molecule has 0 saturated carbocycles. The number of hydrogen-bond acceptors (Lipinski definition) is 5. The monoisotopic (exact) mass is 237 g/mol. The van der Waals surface area contributed by atoms with Crippen molar-refractivity contribution in [1.29, 1.82) is 5.26 Å². The number of nitrogens with one attached hydrogen (secondary N) is 1. The summed E-state index contributed by atoms with van der Waals surface area (Å²) < 4.78 is 22.9. The lowest BCUT2D eigenvalue weighted by Crippen LogP contribution is -2.20. The van der Waals surface area contributed by atoms with Crippen molar-refractivity contribution in [2.45, 2.75) is 12.2 Å². The normalized spacial score (nSPS) is 17.2. The largest absolute Gasteiger partial charge is 0.372 e. The lowest BCUT2D eigenvalue weighted by atomic mass is 10.1. The Bertz CT molecular complexity index is 572. The molecule has 16 heavy (non-hydrogen) atoms. The summed E-state index contributed by atoms with van der Waals surface area (Å²) in [6.45, 7) is 0. The van der Waals surface area contributed by atoms with E-state index in [4.69, 9.17) is 5.26 Å². The average Bonchev–Trinajstić information content (AvgIpc) is 2.26. The molecule has 2 heterocycles. The van der Waals surface area contributed by atoms with Gasteiger partial charge in [-0.25, -0.2) is 13.4 Å². The fourth-order valence-corrected chi connectivity index (χ4v) is 3.14. The van der Waals surface area contributed by atoms with Crippen LogP contribution >= 0.6 is 0 Å². The van der Waals surface area contributed by atoms with Crippen molar-refractivity contribution >= 4 is 15.7 Å². The smallest absolute Gasteiger partial charge is 0.154 e. The molecule has 0 spiro atoms. The molecule has 0 bridgehead atoms. The highest BCUT2D eigenvalue weighted by Gasteiger charge is 2.23. The first-order valence-corrected chi connectivity index (χ1v) is 6.69. The number of nitrogens with zero attached hydrogens (tertiary/aromatic N) is 2. The Morgan fingerprint density at radius 1 is 1.56 bits per heavy atom. The lowest BCUT2D eigenvalue weighted by molar-refractivity contribution is 0.590. The third-order valence-corrected chi connectivity index (χ3v) is 4.15. The zero-order valence-electron chi connectivity index (χ0n) is 8.82. The first-order chi connectivity index (χ1) is 7.55. The highest BCUT2D eigenvalue weighted by atomic mass is 32.2. The number of sulfone groups is 1. The van der Waals surface area contributed by atoms with Crippen LogP contribution in [-0.4, -0.2) is 26.2 Å². The number of nitriles is 1. The minimum Gasteiger partial charge on any atom is -0.372 e. The van der Waals surface area contributed by atoms with Crippen LogP contribution in [-0.2, 0) is 22.0 Å². The highest BCUT2D eigenvalue weighted by Crippen LogP contribution is 2.23. The third-order valence-electron chi connectivity index (χ3n) is 2.57. The van der Waals surface area contributed by atoms with E-state index in [0.29, 0.717) is 23.4 Å². The Balaban J connectivity index is 2.55. The van der Waals surface area contributed by atoms with Crippen LogP contribution in [0, 0.1) is 11.3 Å². The molecule has 5 nitrogen and oxygen atoms in total. The molecule has 84 valence electrons. The van der Waals surface area contributed by atoms with Gasteiger partial charge in [-0.3, -0.25) is 0 Å². The van der Waals surface area contributed by atoms with Crippen molar-refractivity contribution in [3.8, 4) is 6.07 Å². The van der Waals surface area contributed by atoms with Gasteiger partial charge in [-0.05, 0) is 11.6 Å². The van der Waals surface area contributed by atoms with E-state index in [9.17, 15) is 8.42 Å². The first kappa shape index (κ1) is 10.9. The van der Waals surface area contributed by atoms with Gasteiger partial charge in [0.15, 0.2) is 9.84 Å². The SMILES string of the molecule is CNc1nc2c(cc1C#N)CS(=O)(=O)CC2. The van der Waals surface area contributed by atoms with Crippen LogP contribution in [0.5, 0.6) is 0 Å². The number of aromatic nitrogens is 1. The van der Waals surface area contributed by atoms with Gasteiger partial charge in [-0.2, -0.15) is 5.26 Å². The van der Waals surface area contributed by atoms with Crippen molar-refractivity contribution < 1.29 is 8.42 Å². The molecule has 0 saturated heterocycles. The minimum absolute atomic E-state index is 0.00594. The Morgan fingerprint density at radius 2 is 2.31 bits per heavy atom. The summed E-state index contributed by atoms with van der Waals surface area (Å²) in [7, 11) is -1.32. The van der Waals surface area contributed by atoms with Crippen LogP contribution in [0.25, 0.3) is 0 Å². The Morgan fingerprint density at radius 3 is 2.94 bits per heavy atom. The number of fused-ring (bicyclic) bond motifs is 1. The van der Waals surface area contributed by atoms with E-state index in [-0.39, 0.29) is 11.5 Å². The van der Waals surface area contributed by atoms with Gasteiger partial charge in [0, 0.05) is 19.2 Å². The van der Waals surface area contributed by atoms with E-state index < -0.39 is 9.84 Å². The summed E-state index contributed by atoms with van der Waals surface area (Å²) >= 11 is 0. The Kier molecular flexibility index (Phi) is 2.56. The van der Waals surface area contributed by atoms with Crippen molar-refractivity contribution in [2.24, 2.45) is 0 Å². The number of anilines is 1. The summed E-state index contributed by atoms with van der Waals surface area (Å²) in [5.41, 5.74) is 1.82. The summed E-state index contributed by atoms with van der Waals surface area (Å²) in [5, 5.41) is 11.7. The van der Waals surface area contributed by atoms with Gasteiger partial charge in [0.25, 0.3) is 0 Å². The molecular weight excluding hydrogens is 226 g/mol. The third kappa shape index (κ3) is 1.86. The van der Waals surface area contributed by atoms with Gasteiger partial charge in [-0.1, -0.05) is 0 Å². The molecule has 6 heteroatoms. The Hall–Kier alpha value is -1.61. The van der Waals surface area contributed by atoms with Crippen LogP contribution in [0.4, 0.5) is 5.82 Å². The molecule has 0 atom stereocenters. The standard InChI is InChI=1S/C10H11N3O2S/c1-12-10-7(5-11)4-8-6-16(14,15)3-2-9(8)13-10/h4H,2-3,6H2,1H3,(H,12,13). The summed E-state index contributed by atoms with van der Waals surface area (Å²) in [4.78, 5) is 4.27. The maximum Gasteiger partial charge on any atom is 0.154 e. The molecule has 2 rings (SSSR count). The number of pyridine rings is 1. The second-order valence-corrected chi connectivity index (χ2v) is 5.88. The topological polar surface area (TPSA) is 82.8 Å². The lowest BCUT2D eigenvalue weighted by Gasteiger charge is -2.16. The quantitative estimate of drug-likeness (QED) is 0.767. The number of hydrogen-bond donors (Lipinski definition) is 1. The van der Waals surface area contributed by atoms with E-state index in [1.807, 2.05) is 6.07 Å². The van der Waals surface area contributed by atoms with Crippen LogP contribution in [0.2, 0.25) is 0 Å². The second kappa shape index (κ2) is 3.76. The van der Waals surface area contributed by atoms with Crippen molar-refractivity contribution in [3.63, 3.8) is 0 Å². The first-order valence-electron chi connectivity index (χ1n) is 4.87. The minimum atomic E-state index is -3.01. The van der Waals surface area contributed by atoms with E-state index in [2.05, 4.69) is 10.3 Å². The molecule has 0 amide bonds. The van der Waals surface area contributed by atoms with Gasteiger partial charge in [0.05, 0.1) is 17.1 Å². The second-order valence-electron chi connectivity index (χ2n) is 3.69. The van der Waals surface area contributed by atoms with E-state index in [1.165, 1.54) is 0 Å². The Labute approximate surface area is 94.0 Å². The summed E-state index contributed by atoms with van der Waals surface area (Å²) in [6.07, 6.45) is 0.429. The predicted molar refractivity (Wildman–Crippen MR) is 59.7 cm³/mol. The maximum atomic E-state index is 11.4. The van der Waals surface area contributed by atoms with Crippen molar-refractivity contribution in [2.75, 3.05) is 18.1 Å². The molecular formula is C10H11N3O2S. The van der Waals surface area contributed by atoms with Gasteiger partial charge in [0.2, 0.25) is 0 Å². The van der Waals surface area contributed by atoms with Gasteiger partial charge in [-0.15, -0.1) is 0 Å². The van der Waals surface area contributed by atoms with Crippen LogP contribution in [0.1, 0.15) is 16.8 Å². The summed E-state index contributed by atoms with van der Waals surface area (Å²) in [5.74, 6) is 0.649. The van der Waals surface area contributed by atoms with Crippen LogP contribution in [0.3, 0.4) is 0 Å². The highest BCUT2D eigenvalue weighted by molar-refractivity contribution is 7.90.